The normalized spacial score (nSPS) is 14.8. The van der Waals surface area contributed by atoms with Crippen molar-refractivity contribution in [3.05, 3.63) is 47.8 Å². The van der Waals surface area contributed by atoms with Gasteiger partial charge in [0.2, 0.25) is 11.8 Å². The van der Waals surface area contributed by atoms with E-state index in [9.17, 15) is 18.0 Å². The van der Waals surface area contributed by atoms with E-state index in [4.69, 9.17) is 9.47 Å². The van der Waals surface area contributed by atoms with Crippen LogP contribution in [0.3, 0.4) is 0 Å². The fraction of sp³-hybridized carbons (Fsp3) is 0.312. The Labute approximate surface area is 141 Å². The van der Waals surface area contributed by atoms with Gasteiger partial charge >= 0.3 is 6.18 Å². The van der Waals surface area contributed by atoms with Gasteiger partial charge < -0.3 is 14.4 Å². The smallest absolute Gasteiger partial charge is 0.417 e. The van der Waals surface area contributed by atoms with E-state index >= 15 is 0 Å². The van der Waals surface area contributed by atoms with E-state index in [0.29, 0.717) is 18.7 Å². The molecule has 132 valence electrons. The lowest BCUT2D eigenvalue weighted by atomic mass is 10.1. The molecule has 2 aromatic rings. The molecule has 1 fully saturated rings. The third-order valence-electron chi connectivity index (χ3n) is 3.68. The lowest BCUT2D eigenvalue weighted by Gasteiger charge is -2.38. The van der Waals surface area contributed by atoms with Gasteiger partial charge in [0.15, 0.2) is 0 Å². The zero-order valence-electron chi connectivity index (χ0n) is 13.2. The number of carbonyl (C=O) groups excluding carboxylic acids is 1. The number of likely N-dealkylation sites (tertiary alicyclic amines) is 1. The molecule has 0 radical (unpaired) electrons. The summed E-state index contributed by atoms with van der Waals surface area (Å²) in [6.07, 6.45) is -2.52. The maximum absolute atomic E-state index is 12.5. The van der Waals surface area contributed by atoms with Gasteiger partial charge in [0.05, 0.1) is 25.8 Å². The summed E-state index contributed by atoms with van der Waals surface area (Å²) in [6, 6.07) is 5.32. The molecule has 0 bridgehead atoms. The van der Waals surface area contributed by atoms with E-state index in [2.05, 4.69) is 9.97 Å². The molecule has 6 nitrogen and oxygen atoms in total. The van der Waals surface area contributed by atoms with E-state index in [1.807, 2.05) is 0 Å². The molecule has 0 saturated carbocycles. The number of nitrogens with zero attached hydrogens (tertiary/aromatic N) is 3. The molecule has 0 unspecified atom stereocenters. The number of aromatic nitrogens is 2. The quantitative estimate of drug-likeness (QED) is 0.845. The van der Waals surface area contributed by atoms with Crippen molar-refractivity contribution in [2.45, 2.75) is 12.3 Å². The average molecular weight is 353 g/mol. The highest BCUT2D eigenvalue weighted by Gasteiger charge is 2.35. The Morgan fingerprint density at radius 2 is 2.00 bits per heavy atom. The number of carbonyl (C=O) groups is 1. The van der Waals surface area contributed by atoms with E-state index in [-0.39, 0.29) is 23.8 Å². The van der Waals surface area contributed by atoms with Crippen molar-refractivity contribution in [3.8, 4) is 11.8 Å². The molecule has 1 saturated heterocycles. The molecular formula is C16H14F3N3O3. The summed E-state index contributed by atoms with van der Waals surface area (Å²) >= 11 is 0. The Morgan fingerprint density at radius 3 is 2.60 bits per heavy atom. The van der Waals surface area contributed by atoms with E-state index < -0.39 is 11.7 Å². The summed E-state index contributed by atoms with van der Waals surface area (Å²) in [5.74, 6) is 0.0792. The summed E-state index contributed by atoms with van der Waals surface area (Å²) in [5, 5.41) is 0. The van der Waals surface area contributed by atoms with Gasteiger partial charge in [-0.1, -0.05) is 0 Å². The summed E-state index contributed by atoms with van der Waals surface area (Å²) in [4.78, 5) is 21.5. The van der Waals surface area contributed by atoms with E-state index in [1.54, 1.807) is 12.1 Å². The number of hydrogen-bond donors (Lipinski definition) is 0. The highest BCUT2D eigenvalue weighted by atomic mass is 19.4. The number of amides is 1. The van der Waals surface area contributed by atoms with Crippen LogP contribution in [-0.2, 0) is 6.18 Å². The van der Waals surface area contributed by atoms with Gasteiger partial charge in [0.1, 0.15) is 11.7 Å². The highest BCUT2D eigenvalue weighted by molar-refractivity contribution is 5.96. The first kappa shape index (κ1) is 17.0. The van der Waals surface area contributed by atoms with Crippen molar-refractivity contribution in [2.75, 3.05) is 20.2 Å². The van der Waals surface area contributed by atoms with Crippen molar-refractivity contribution in [1.82, 2.24) is 14.9 Å². The summed E-state index contributed by atoms with van der Waals surface area (Å²) in [6.45, 7) is 0.610. The second-order valence-electron chi connectivity index (χ2n) is 5.39. The first-order valence-corrected chi connectivity index (χ1v) is 7.36. The lowest BCUT2D eigenvalue weighted by Crippen LogP contribution is -2.56. The third-order valence-corrected chi connectivity index (χ3v) is 3.68. The molecule has 1 aliphatic rings. The van der Waals surface area contributed by atoms with Crippen molar-refractivity contribution >= 4 is 5.91 Å². The van der Waals surface area contributed by atoms with Crippen LogP contribution in [0.2, 0.25) is 0 Å². The molecular weight excluding hydrogens is 339 g/mol. The van der Waals surface area contributed by atoms with Crippen LogP contribution < -0.4 is 9.47 Å². The molecule has 0 N–H and O–H groups in total. The highest BCUT2D eigenvalue weighted by Crippen LogP contribution is 2.29. The van der Waals surface area contributed by atoms with Gasteiger partial charge in [-0.25, -0.2) is 9.97 Å². The molecule has 0 aliphatic carbocycles. The number of rotatable bonds is 4. The van der Waals surface area contributed by atoms with Crippen molar-refractivity contribution in [1.29, 1.82) is 0 Å². The molecule has 1 aliphatic heterocycles. The third kappa shape index (κ3) is 3.65. The zero-order chi connectivity index (χ0) is 18.0. The molecule has 0 atom stereocenters. The zero-order valence-corrected chi connectivity index (χ0v) is 13.2. The molecule has 25 heavy (non-hydrogen) atoms. The Kier molecular flexibility index (Phi) is 4.47. The minimum Gasteiger partial charge on any atom is -0.480 e. The van der Waals surface area contributed by atoms with Crippen LogP contribution in [0.1, 0.15) is 15.9 Å². The Balaban J connectivity index is 1.57. The number of halogens is 3. The van der Waals surface area contributed by atoms with Crippen LogP contribution in [0.5, 0.6) is 11.8 Å². The monoisotopic (exact) mass is 353 g/mol. The predicted molar refractivity (Wildman–Crippen MR) is 80.3 cm³/mol. The number of alkyl halides is 3. The molecule has 0 aromatic carbocycles. The van der Waals surface area contributed by atoms with Crippen LogP contribution >= 0.6 is 0 Å². The number of ether oxygens (including phenoxy) is 2. The SMILES string of the molecule is COc1ncccc1C(=O)N1CC(Oc2ccc(C(F)(F)F)cn2)C1. The first-order chi connectivity index (χ1) is 11.9. The van der Waals surface area contributed by atoms with Crippen molar-refractivity contribution in [2.24, 2.45) is 0 Å². The average Bonchev–Trinajstić information content (AvgIpc) is 2.56. The summed E-state index contributed by atoms with van der Waals surface area (Å²) < 4.78 is 48.0. The van der Waals surface area contributed by atoms with Gasteiger partial charge in [-0.2, -0.15) is 13.2 Å². The van der Waals surface area contributed by atoms with E-state index in [1.165, 1.54) is 18.2 Å². The largest absolute Gasteiger partial charge is 0.480 e. The van der Waals surface area contributed by atoms with Crippen molar-refractivity contribution < 1.29 is 27.4 Å². The lowest BCUT2D eigenvalue weighted by molar-refractivity contribution is -0.137. The number of methoxy groups -OCH3 is 1. The molecule has 2 aromatic heterocycles. The number of hydrogen-bond acceptors (Lipinski definition) is 5. The van der Waals surface area contributed by atoms with Gasteiger partial charge in [-0.3, -0.25) is 4.79 Å². The first-order valence-electron chi connectivity index (χ1n) is 7.36. The molecule has 3 heterocycles. The van der Waals surface area contributed by atoms with Crippen LogP contribution in [0.25, 0.3) is 0 Å². The Bertz CT molecular complexity index is 759. The van der Waals surface area contributed by atoms with E-state index in [0.717, 1.165) is 18.3 Å². The molecule has 1 amide bonds. The Hall–Kier alpha value is -2.84. The van der Waals surface area contributed by atoms with Crippen LogP contribution in [0, 0.1) is 0 Å². The topological polar surface area (TPSA) is 64.5 Å². The fourth-order valence-corrected chi connectivity index (χ4v) is 2.35. The second-order valence-corrected chi connectivity index (χ2v) is 5.39. The van der Waals surface area contributed by atoms with Gasteiger partial charge in [0.25, 0.3) is 5.91 Å². The van der Waals surface area contributed by atoms with Crippen LogP contribution in [0.4, 0.5) is 13.2 Å². The second kappa shape index (κ2) is 6.58. The standard InChI is InChI=1S/C16H14F3N3O3/c1-24-14-12(3-2-6-20-14)15(23)22-8-11(9-22)25-13-5-4-10(7-21-13)16(17,18)19/h2-7,11H,8-9H2,1H3. The predicted octanol–water partition coefficient (Wildman–Crippen LogP) is 2.41. The number of pyridine rings is 2. The minimum atomic E-state index is -4.44. The molecule has 0 spiro atoms. The minimum absolute atomic E-state index is 0.0871. The van der Waals surface area contributed by atoms with Crippen molar-refractivity contribution in [3.63, 3.8) is 0 Å². The van der Waals surface area contributed by atoms with Gasteiger partial charge in [0, 0.05) is 18.5 Å². The maximum atomic E-state index is 12.5. The molecule has 9 heteroatoms. The van der Waals surface area contributed by atoms with Crippen LogP contribution in [-0.4, -0.2) is 47.1 Å². The van der Waals surface area contributed by atoms with Gasteiger partial charge in [-0.05, 0) is 18.2 Å². The molecule has 3 rings (SSSR count). The van der Waals surface area contributed by atoms with Gasteiger partial charge in [-0.15, -0.1) is 0 Å². The summed E-state index contributed by atoms with van der Waals surface area (Å²) in [5.41, 5.74) is -0.495. The summed E-state index contributed by atoms with van der Waals surface area (Å²) in [7, 11) is 1.43. The maximum Gasteiger partial charge on any atom is 0.417 e. The van der Waals surface area contributed by atoms with Crippen LogP contribution in [0.15, 0.2) is 36.7 Å². The fourth-order valence-electron chi connectivity index (χ4n) is 2.35. The Morgan fingerprint density at radius 1 is 1.24 bits per heavy atom.